The topological polar surface area (TPSA) is 54.7 Å². The van der Waals surface area contributed by atoms with Crippen molar-refractivity contribution in [3.8, 4) is 11.3 Å². The standard InChI is InChI=1S/C14H18BrN3/c1-9(7-8-16)14-17-10(2)13(18-14)11-5-3-4-6-12(11)15/h3-6,9H,7-8,16H2,1-2H3,(H,17,18). The van der Waals surface area contributed by atoms with Gasteiger partial charge in [-0.25, -0.2) is 4.98 Å². The Morgan fingerprint density at radius 1 is 1.39 bits per heavy atom. The van der Waals surface area contributed by atoms with Crippen molar-refractivity contribution in [2.75, 3.05) is 6.54 Å². The highest BCUT2D eigenvalue weighted by molar-refractivity contribution is 9.10. The highest BCUT2D eigenvalue weighted by atomic mass is 79.9. The Labute approximate surface area is 116 Å². The van der Waals surface area contributed by atoms with Crippen LogP contribution in [0.25, 0.3) is 11.3 Å². The summed E-state index contributed by atoms with van der Waals surface area (Å²) in [5.41, 5.74) is 8.83. The summed E-state index contributed by atoms with van der Waals surface area (Å²) in [6.07, 6.45) is 0.947. The number of H-pyrrole nitrogens is 1. The van der Waals surface area contributed by atoms with Gasteiger partial charge in [-0.1, -0.05) is 41.1 Å². The van der Waals surface area contributed by atoms with E-state index in [4.69, 9.17) is 10.7 Å². The number of halogens is 1. The predicted molar refractivity (Wildman–Crippen MR) is 78.5 cm³/mol. The molecule has 1 atom stereocenters. The minimum atomic E-state index is 0.366. The lowest BCUT2D eigenvalue weighted by atomic mass is 10.1. The summed E-state index contributed by atoms with van der Waals surface area (Å²) in [5, 5.41) is 0. The van der Waals surface area contributed by atoms with E-state index in [1.165, 1.54) is 0 Å². The maximum absolute atomic E-state index is 5.60. The van der Waals surface area contributed by atoms with Gasteiger partial charge >= 0.3 is 0 Å². The highest BCUT2D eigenvalue weighted by Crippen LogP contribution is 2.30. The van der Waals surface area contributed by atoms with Gasteiger partial charge in [0.25, 0.3) is 0 Å². The number of benzene rings is 1. The quantitative estimate of drug-likeness (QED) is 0.906. The molecule has 3 nitrogen and oxygen atoms in total. The zero-order chi connectivity index (χ0) is 13.1. The van der Waals surface area contributed by atoms with Gasteiger partial charge in [0.05, 0.1) is 5.69 Å². The van der Waals surface area contributed by atoms with Gasteiger partial charge in [-0.2, -0.15) is 0 Å². The van der Waals surface area contributed by atoms with Gasteiger partial charge in [-0.3, -0.25) is 0 Å². The number of aryl methyl sites for hydroxylation is 1. The highest BCUT2D eigenvalue weighted by Gasteiger charge is 2.14. The number of hydrogen-bond donors (Lipinski definition) is 2. The average Bonchev–Trinajstić information content (AvgIpc) is 2.72. The summed E-state index contributed by atoms with van der Waals surface area (Å²) in [7, 11) is 0. The van der Waals surface area contributed by atoms with Crippen LogP contribution in [0.15, 0.2) is 28.7 Å². The first-order chi connectivity index (χ1) is 8.63. The molecule has 18 heavy (non-hydrogen) atoms. The van der Waals surface area contributed by atoms with Crippen LogP contribution in [0, 0.1) is 6.92 Å². The SMILES string of the molecule is Cc1[nH]c(C(C)CCN)nc1-c1ccccc1Br. The number of aromatic nitrogens is 2. The fourth-order valence-corrected chi connectivity index (χ4v) is 2.49. The Balaban J connectivity index is 2.38. The van der Waals surface area contributed by atoms with Crippen LogP contribution in [-0.4, -0.2) is 16.5 Å². The molecule has 0 spiro atoms. The maximum Gasteiger partial charge on any atom is 0.109 e. The van der Waals surface area contributed by atoms with Crippen molar-refractivity contribution in [1.82, 2.24) is 9.97 Å². The van der Waals surface area contributed by atoms with Crippen molar-refractivity contribution in [1.29, 1.82) is 0 Å². The molecule has 0 fully saturated rings. The van der Waals surface area contributed by atoms with Crippen LogP contribution in [0.4, 0.5) is 0 Å². The van der Waals surface area contributed by atoms with Gasteiger partial charge in [0.15, 0.2) is 0 Å². The summed E-state index contributed by atoms with van der Waals surface area (Å²) < 4.78 is 1.07. The Kier molecular flexibility index (Phi) is 4.19. The monoisotopic (exact) mass is 307 g/mol. The number of aromatic amines is 1. The molecule has 0 bridgehead atoms. The van der Waals surface area contributed by atoms with E-state index < -0.39 is 0 Å². The van der Waals surface area contributed by atoms with Gasteiger partial charge in [0.1, 0.15) is 5.82 Å². The summed E-state index contributed by atoms with van der Waals surface area (Å²) >= 11 is 3.57. The number of hydrogen-bond acceptors (Lipinski definition) is 2. The molecule has 1 aromatic heterocycles. The third-order valence-electron chi connectivity index (χ3n) is 3.10. The van der Waals surface area contributed by atoms with Crippen LogP contribution in [0.3, 0.4) is 0 Å². The van der Waals surface area contributed by atoms with Crippen molar-refractivity contribution in [2.24, 2.45) is 5.73 Å². The molecule has 1 unspecified atom stereocenters. The van der Waals surface area contributed by atoms with E-state index in [1.54, 1.807) is 0 Å². The Hall–Kier alpha value is -1.13. The fourth-order valence-electron chi connectivity index (χ4n) is 2.02. The van der Waals surface area contributed by atoms with Crippen LogP contribution in [0.1, 0.15) is 30.8 Å². The Morgan fingerprint density at radius 3 is 2.78 bits per heavy atom. The number of nitrogens with two attached hydrogens (primary N) is 1. The molecule has 4 heteroatoms. The lowest BCUT2D eigenvalue weighted by Crippen LogP contribution is -2.05. The second kappa shape index (κ2) is 5.67. The second-order valence-electron chi connectivity index (χ2n) is 4.55. The van der Waals surface area contributed by atoms with Crippen molar-refractivity contribution in [2.45, 2.75) is 26.2 Å². The van der Waals surface area contributed by atoms with E-state index >= 15 is 0 Å². The van der Waals surface area contributed by atoms with Crippen LogP contribution in [0.2, 0.25) is 0 Å². The summed E-state index contributed by atoms with van der Waals surface area (Å²) in [6, 6.07) is 8.14. The van der Waals surface area contributed by atoms with Gasteiger partial charge in [-0.05, 0) is 26.0 Å². The van der Waals surface area contributed by atoms with Crippen molar-refractivity contribution in [3.63, 3.8) is 0 Å². The molecule has 0 aliphatic heterocycles. The lowest BCUT2D eigenvalue weighted by Gasteiger charge is -2.05. The minimum Gasteiger partial charge on any atom is -0.345 e. The molecule has 2 rings (SSSR count). The summed E-state index contributed by atoms with van der Waals surface area (Å²) in [4.78, 5) is 8.09. The van der Waals surface area contributed by atoms with E-state index in [9.17, 15) is 0 Å². The first kappa shape index (κ1) is 13.3. The van der Waals surface area contributed by atoms with E-state index in [2.05, 4.69) is 40.8 Å². The molecule has 0 saturated heterocycles. The van der Waals surface area contributed by atoms with Gasteiger partial charge < -0.3 is 10.7 Å². The first-order valence-corrected chi connectivity index (χ1v) is 6.94. The van der Waals surface area contributed by atoms with Gasteiger partial charge in [0.2, 0.25) is 0 Å². The molecular weight excluding hydrogens is 290 g/mol. The molecule has 0 aliphatic rings. The number of nitrogens with zero attached hydrogens (tertiary/aromatic N) is 1. The smallest absolute Gasteiger partial charge is 0.109 e. The second-order valence-corrected chi connectivity index (χ2v) is 5.41. The third kappa shape index (κ3) is 2.65. The maximum atomic E-state index is 5.60. The van der Waals surface area contributed by atoms with Crippen LogP contribution >= 0.6 is 15.9 Å². The number of rotatable bonds is 4. The van der Waals surface area contributed by atoms with Crippen molar-refractivity contribution in [3.05, 3.63) is 40.3 Å². The average molecular weight is 308 g/mol. The van der Waals surface area contributed by atoms with E-state index in [1.807, 2.05) is 18.2 Å². The van der Waals surface area contributed by atoms with Crippen molar-refractivity contribution >= 4 is 15.9 Å². The largest absolute Gasteiger partial charge is 0.345 e. The fraction of sp³-hybridized carbons (Fsp3) is 0.357. The van der Waals surface area contributed by atoms with E-state index in [-0.39, 0.29) is 0 Å². The molecule has 0 radical (unpaired) electrons. The minimum absolute atomic E-state index is 0.366. The molecule has 0 saturated carbocycles. The molecule has 2 aromatic rings. The molecule has 0 aliphatic carbocycles. The molecular formula is C14H18BrN3. The van der Waals surface area contributed by atoms with Crippen LogP contribution in [-0.2, 0) is 0 Å². The van der Waals surface area contributed by atoms with Gasteiger partial charge in [-0.15, -0.1) is 0 Å². The summed E-state index contributed by atoms with van der Waals surface area (Å²) in [5.74, 6) is 1.38. The molecule has 1 aromatic carbocycles. The van der Waals surface area contributed by atoms with E-state index in [0.717, 1.165) is 33.7 Å². The van der Waals surface area contributed by atoms with Gasteiger partial charge in [0, 0.05) is 21.6 Å². The first-order valence-electron chi connectivity index (χ1n) is 6.15. The molecule has 1 heterocycles. The van der Waals surface area contributed by atoms with E-state index in [0.29, 0.717) is 12.5 Å². The zero-order valence-corrected chi connectivity index (χ0v) is 12.3. The molecule has 0 amide bonds. The summed E-state index contributed by atoms with van der Waals surface area (Å²) in [6.45, 7) is 4.89. The Bertz CT molecular complexity index is 534. The van der Waals surface area contributed by atoms with Crippen LogP contribution < -0.4 is 5.73 Å². The molecule has 3 N–H and O–H groups in total. The molecule has 96 valence electrons. The lowest BCUT2D eigenvalue weighted by molar-refractivity contribution is 0.654. The number of imidazole rings is 1. The third-order valence-corrected chi connectivity index (χ3v) is 3.79. The number of nitrogens with one attached hydrogen (secondary N) is 1. The van der Waals surface area contributed by atoms with Crippen LogP contribution in [0.5, 0.6) is 0 Å². The Morgan fingerprint density at radius 2 is 2.11 bits per heavy atom. The predicted octanol–water partition coefficient (Wildman–Crippen LogP) is 3.60. The zero-order valence-electron chi connectivity index (χ0n) is 10.7. The van der Waals surface area contributed by atoms with Crippen molar-refractivity contribution < 1.29 is 0 Å². The normalized spacial score (nSPS) is 12.7.